The highest BCUT2D eigenvalue weighted by Gasteiger charge is 2.17. The minimum atomic E-state index is -3.64. The molecule has 0 saturated carbocycles. The molecule has 1 fully saturated rings. The Morgan fingerprint density at radius 3 is 2.30 bits per heavy atom. The predicted octanol–water partition coefficient (Wildman–Crippen LogP) is 2.36. The number of likely N-dealkylation sites (N-methyl/N-ethyl adjacent to an activating group) is 1. The van der Waals surface area contributed by atoms with Crippen LogP contribution in [0.25, 0.3) is 0 Å². The highest BCUT2D eigenvalue weighted by atomic mass is 32.2. The number of rotatable bonds is 7. The van der Waals surface area contributed by atoms with Crippen molar-refractivity contribution in [3.8, 4) is 0 Å². The summed E-state index contributed by atoms with van der Waals surface area (Å²) in [5.41, 5.74) is 3.54. The van der Waals surface area contributed by atoms with Gasteiger partial charge in [-0.2, -0.15) is 0 Å². The first-order chi connectivity index (χ1) is 14.2. The Balaban J connectivity index is 1.48. The fourth-order valence-electron chi connectivity index (χ4n) is 3.52. The van der Waals surface area contributed by atoms with Crippen LogP contribution in [-0.2, 0) is 14.8 Å². The minimum Gasteiger partial charge on any atom is -0.369 e. The molecule has 2 aromatic carbocycles. The van der Waals surface area contributed by atoms with E-state index in [1.807, 2.05) is 37.3 Å². The molecule has 2 N–H and O–H groups in total. The van der Waals surface area contributed by atoms with Gasteiger partial charge in [-0.05, 0) is 56.8 Å². The summed E-state index contributed by atoms with van der Waals surface area (Å²) in [6.07, 6.45) is 0.0599. The Morgan fingerprint density at radius 1 is 1.00 bits per heavy atom. The summed E-state index contributed by atoms with van der Waals surface area (Å²) in [5.74, 6) is -0.231. The van der Waals surface area contributed by atoms with Gasteiger partial charge in [-0.15, -0.1) is 0 Å². The molecule has 0 unspecified atom stereocenters. The van der Waals surface area contributed by atoms with Gasteiger partial charge in [0.1, 0.15) is 0 Å². The maximum Gasteiger partial charge on any atom is 0.240 e. The summed E-state index contributed by atoms with van der Waals surface area (Å²) in [6, 6.07) is 13.0. The van der Waals surface area contributed by atoms with Crippen molar-refractivity contribution in [2.75, 3.05) is 50.0 Å². The molecule has 0 bridgehead atoms. The van der Waals surface area contributed by atoms with Crippen molar-refractivity contribution < 1.29 is 13.2 Å². The molecule has 0 aliphatic carbocycles. The Kier molecular flexibility index (Phi) is 7.12. The van der Waals surface area contributed by atoms with Gasteiger partial charge < -0.3 is 15.1 Å². The van der Waals surface area contributed by atoms with Crippen molar-refractivity contribution in [2.45, 2.75) is 25.2 Å². The number of carbonyl (C=O) groups is 1. The van der Waals surface area contributed by atoms with Gasteiger partial charge in [0, 0.05) is 50.5 Å². The van der Waals surface area contributed by atoms with E-state index >= 15 is 0 Å². The molecule has 7 nitrogen and oxygen atoms in total. The number of benzene rings is 2. The maximum absolute atomic E-state index is 12.5. The van der Waals surface area contributed by atoms with E-state index in [4.69, 9.17) is 0 Å². The van der Waals surface area contributed by atoms with E-state index in [-0.39, 0.29) is 23.8 Å². The molecule has 3 rings (SSSR count). The van der Waals surface area contributed by atoms with Crippen molar-refractivity contribution in [1.82, 2.24) is 9.62 Å². The highest BCUT2D eigenvalue weighted by Crippen LogP contribution is 2.20. The van der Waals surface area contributed by atoms with Crippen molar-refractivity contribution in [3.63, 3.8) is 0 Å². The van der Waals surface area contributed by atoms with E-state index in [2.05, 4.69) is 26.9 Å². The number of hydrogen-bond acceptors (Lipinski definition) is 5. The van der Waals surface area contributed by atoms with Crippen molar-refractivity contribution in [2.24, 2.45) is 0 Å². The molecule has 0 aromatic heterocycles. The zero-order chi connectivity index (χ0) is 21.7. The molecule has 1 amide bonds. The second kappa shape index (κ2) is 9.59. The topological polar surface area (TPSA) is 81.7 Å². The fraction of sp³-hybridized carbons (Fsp3) is 0.409. The first kappa shape index (κ1) is 22.3. The van der Waals surface area contributed by atoms with Crippen LogP contribution in [0.15, 0.2) is 47.4 Å². The third-order valence-corrected chi connectivity index (χ3v) is 6.90. The second-order valence-corrected chi connectivity index (χ2v) is 9.54. The normalized spacial score (nSPS) is 15.2. The zero-order valence-corrected chi connectivity index (χ0v) is 18.6. The second-order valence-electron chi connectivity index (χ2n) is 7.80. The van der Waals surface area contributed by atoms with Crippen LogP contribution in [0.3, 0.4) is 0 Å². The lowest BCUT2D eigenvalue weighted by Gasteiger charge is -2.34. The summed E-state index contributed by atoms with van der Waals surface area (Å²) in [5, 5.41) is 2.82. The molecule has 1 aliphatic heterocycles. The lowest BCUT2D eigenvalue weighted by atomic mass is 10.2. The SMILES string of the molecule is Cc1ccc(S(=O)(=O)NCCC(=O)Nc2ccc(N3CCN(C)CC3)cc2)c(C)c1. The van der Waals surface area contributed by atoms with Gasteiger partial charge in [0.05, 0.1) is 4.90 Å². The Hall–Kier alpha value is -2.42. The molecule has 2 aromatic rings. The van der Waals surface area contributed by atoms with Crippen LogP contribution in [-0.4, -0.2) is 59.0 Å². The number of nitrogens with one attached hydrogen (secondary N) is 2. The average Bonchev–Trinajstić information content (AvgIpc) is 2.69. The van der Waals surface area contributed by atoms with Crippen LogP contribution in [0.1, 0.15) is 17.5 Å². The molecule has 1 heterocycles. The van der Waals surface area contributed by atoms with Gasteiger partial charge >= 0.3 is 0 Å². The number of carbonyl (C=O) groups excluding carboxylic acids is 1. The first-order valence-corrected chi connectivity index (χ1v) is 11.6. The van der Waals surface area contributed by atoms with E-state index in [1.54, 1.807) is 19.1 Å². The van der Waals surface area contributed by atoms with Crippen LogP contribution < -0.4 is 14.9 Å². The summed E-state index contributed by atoms with van der Waals surface area (Å²) in [4.78, 5) is 17.1. The minimum absolute atomic E-state index is 0.0425. The average molecular weight is 431 g/mol. The lowest BCUT2D eigenvalue weighted by Crippen LogP contribution is -2.44. The Labute approximate surface area is 179 Å². The van der Waals surface area contributed by atoms with E-state index in [9.17, 15) is 13.2 Å². The van der Waals surface area contributed by atoms with Crippen LogP contribution >= 0.6 is 0 Å². The van der Waals surface area contributed by atoms with Crippen LogP contribution in [0.2, 0.25) is 0 Å². The summed E-state index contributed by atoms with van der Waals surface area (Å²) < 4.78 is 27.4. The fourth-order valence-corrected chi connectivity index (χ4v) is 4.78. The third-order valence-electron chi connectivity index (χ3n) is 5.28. The molecule has 1 saturated heterocycles. The monoisotopic (exact) mass is 430 g/mol. The van der Waals surface area contributed by atoms with Crippen LogP contribution in [0.4, 0.5) is 11.4 Å². The van der Waals surface area contributed by atoms with Gasteiger partial charge in [-0.1, -0.05) is 17.7 Å². The quantitative estimate of drug-likeness (QED) is 0.705. The van der Waals surface area contributed by atoms with Crippen LogP contribution in [0.5, 0.6) is 0 Å². The van der Waals surface area contributed by atoms with Crippen LogP contribution in [0, 0.1) is 13.8 Å². The highest BCUT2D eigenvalue weighted by molar-refractivity contribution is 7.89. The molecule has 0 atom stereocenters. The number of nitrogens with zero attached hydrogens (tertiary/aromatic N) is 2. The molecular weight excluding hydrogens is 400 g/mol. The number of aryl methyl sites for hydroxylation is 2. The van der Waals surface area contributed by atoms with Gasteiger partial charge in [0.15, 0.2) is 0 Å². The van der Waals surface area contributed by atoms with Crippen molar-refractivity contribution in [3.05, 3.63) is 53.6 Å². The number of piperazine rings is 1. The number of sulfonamides is 1. The van der Waals surface area contributed by atoms with E-state index in [0.717, 1.165) is 37.4 Å². The summed E-state index contributed by atoms with van der Waals surface area (Å²) in [6.45, 7) is 7.78. The number of hydrogen-bond donors (Lipinski definition) is 2. The van der Waals surface area contributed by atoms with Gasteiger partial charge in [-0.25, -0.2) is 13.1 Å². The van der Waals surface area contributed by atoms with E-state index in [0.29, 0.717) is 11.3 Å². The summed E-state index contributed by atoms with van der Waals surface area (Å²) >= 11 is 0. The smallest absolute Gasteiger partial charge is 0.240 e. The molecule has 1 aliphatic rings. The van der Waals surface area contributed by atoms with E-state index in [1.165, 1.54) is 0 Å². The first-order valence-electron chi connectivity index (χ1n) is 10.1. The summed E-state index contributed by atoms with van der Waals surface area (Å²) in [7, 11) is -1.51. The van der Waals surface area contributed by atoms with Crippen molar-refractivity contribution >= 4 is 27.3 Å². The third kappa shape index (κ3) is 5.81. The molecular formula is C22H30N4O3S. The van der Waals surface area contributed by atoms with E-state index < -0.39 is 10.0 Å². The predicted molar refractivity (Wildman–Crippen MR) is 121 cm³/mol. The van der Waals surface area contributed by atoms with Crippen molar-refractivity contribution in [1.29, 1.82) is 0 Å². The number of anilines is 2. The Morgan fingerprint density at radius 2 is 1.67 bits per heavy atom. The molecule has 30 heavy (non-hydrogen) atoms. The van der Waals surface area contributed by atoms with Gasteiger partial charge in [0.2, 0.25) is 15.9 Å². The molecule has 162 valence electrons. The zero-order valence-electron chi connectivity index (χ0n) is 17.8. The van der Waals surface area contributed by atoms with Gasteiger partial charge in [-0.3, -0.25) is 4.79 Å². The maximum atomic E-state index is 12.5. The molecule has 0 spiro atoms. The lowest BCUT2D eigenvalue weighted by molar-refractivity contribution is -0.116. The largest absolute Gasteiger partial charge is 0.369 e. The standard InChI is InChI=1S/C22H30N4O3S/c1-17-4-9-21(18(2)16-17)30(28,29)23-11-10-22(27)24-19-5-7-20(8-6-19)26-14-12-25(3)13-15-26/h4-9,16,23H,10-15H2,1-3H3,(H,24,27). The van der Waals surface area contributed by atoms with Gasteiger partial charge in [0.25, 0.3) is 0 Å². The molecule has 0 radical (unpaired) electrons. The Bertz CT molecular complexity index is 982. The number of amides is 1. The molecule has 8 heteroatoms.